The Morgan fingerprint density at radius 1 is 1.39 bits per heavy atom. The average molecular weight is 320 g/mol. The average Bonchev–Trinajstić information content (AvgIpc) is 2.44. The Bertz CT molecular complexity index is 593. The standard InChI is InChI=1S/C17H24N2O4/c1-17(2,3)23-16(22)19-14(15(20)21)10-11-6-7-13-12(9-11)5-4-8-18-13/h6-7,9,14,18H,4-5,8,10H2,1-3H3,(H,19,22)(H,20,21). The van der Waals surface area contributed by atoms with Gasteiger partial charge in [-0.25, -0.2) is 9.59 Å². The molecule has 23 heavy (non-hydrogen) atoms. The fourth-order valence-corrected chi connectivity index (χ4v) is 2.54. The van der Waals surface area contributed by atoms with Crippen molar-refractivity contribution in [2.24, 2.45) is 0 Å². The molecule has 0 aliphatic carbocycles. The molecule has 1 aromatic carbocycles. The number of carboxylic acid groups (broad SMARTS) is 1. The largest absolute Gasteiger partial charge is 0.480 e. The van der Waals surface area contributed by atoms with E-state index in [-0.39, 0.29) is 6.42 Å². The smallest absolute Gasteiger partial charge is 0.408 e. The highest BCUT2D eigenvalue weighted by molar-refractivity contribution is 5.80. The first-order chi connectivity index (χ1) is 10.7. The first kappa shape index (κ1) is 17.1. The lowest BCUT2D eigenvalue weighted by molar-refractivity contribution is -0.139. The van der Waals surface area contributed by atoms with Crippen molar-refractivity contribution >= 4 is 17.7 Å². The Balaban J connectivity index is 2.04. The van der Waals surface area contributed by atoms with E-state index >= 15 is 0 Å². The number of carbonyl (C=O) groups excluding carboxylic acids is 1. The van der Waals surface area contributed by atoms with E-state index in [1.54, 1.807) is 20.8 Å². The lowest BCUT2D eigenvalue weighted by atomic mass is 9.97. The summed E-state index contributed by atoms with van der Waals surface area (Å²) in [4.78, 5) is 23.2. The number of nitrogens with one attached hydrogen (secondary N) is 2. The Labute approximate surface area is 136 Å². The van der Waals surface area contributed by atoms with Crippen LogP contribution in [0.15, 0.2) is 18.2 Å². The third-order valence-electron chi connectivity index (χ3n) is 3.54. The summed E-state index contributed by atoms with van der Waals surface area (Å²) in [5.74, 6) is -1.08. The van der Waals surface area contributed by atoms with Gasteiger partial charge in [-0.05, 0) is 50.8 Å². The van der Waals surface area contributed by atoms with Crippen molar-refractivity contribution in [3.05, 3.63) is 29.3 Å². The van der Waals surface area contributed by atoms with Crippen molar-refractivity contribution < 1.29 is 19.4 Å². The van der Waals surface area contributed by atoms with Gasteiger partial charge < -0.3 is 20.5 Å². The van der Waals surface area contributed by atoms with E-state index in [0.717, 1.165) is 30.6 Å². The minimum absolute atomic E-state index is 0.224. The van der Waals surface area contributed by atoms with Crippen LogP contribution < -0.4 is 10.6 Å². The number of ether oxygens (including phenoxy) is 1. The number of hydrogen-bond acceptors (Lipinski definition) is 4. The summed E-state index contributed by atoms with van der Waals surface area (Å²) in [6.45, 7) is 6.17. The van der Waals surface area contributed by atoms with Crippen LogP contribution in [0.5, 0.6) is 0 Å². The van der Waals surface area contributed by atoms with E-state index in [0.29, 0.717) is 0 Å². The number of fused-ring (bicyclic) bond motifs is 1. The molecule has 126 valence electrons. The number of alkyl carbamates (subject to hydrolysis) is 1. The summed E-state index contributed by atoms with van der Waals surface area (Å²) in [6, 6.07) is 4.85. The van der Waals surface area contributed by atoms with Crippen LogP contribution in [-0.4, -0.2) is 35.4 Å². The van der Waals surface area contributed by atoms with Gasteiger partial charge in [0.25, 0.3) is 0 Å². The number of aryl methyl sites for hydroxylation is 1. The van der Waals surface area contributed by atoms with E-state index in [4.69, 9.17) is 4.74 Å². The molecular weight excluding hydrogens is 296 g/mol. The second kappa shape index (κ2) is 6.89. The number of rotatable bonds is 4. The summed E-state index contributed by atoms with van der Waals surface area (Å²) in [6.07, 6.45) is 1.55. The van der Waals surface area contributed by atoms with Gasteiger partial charge in [0.2, 0.25) is 0 Å². The van der Waals surface area contributed by atoms with Gasteiger partial charge in [0.15, 0.2) is 0 Å². The Morgan fingerprint density at radius 2 is 2.13 bits per heavy atom. The van der Waals surface area contributed by atoms with Gasteiger partial charge in [-0.1, -0.05) is 12.1 Å². The zero-order chi connectivity index (χ0) is 17.0. The molecule has 1 aliphatic heterocycles. The number of anilines is 1. The predicted octanol–water partition coefficient (Wildman–Crippen LogP) is 2.57. The molecule has 6 heteroatoms. The maximum absolute atomic E-state index is 11.8. The van der Waals surface area contributed by atoms with Crippen molar-refractivity contribution in [2.75, 3.05) is 11.9 Å². The van der Waals surface area contributed by atoms with E-state index in [9.17, 15) is 14.7 Å². The molecule has 3 N–H and O–H groups in total. The number of hydrogen-bond donors (Lipinski definition) is 3. The lowest BCUT2D eigenvalue weighted by Crippen LogP contribution is -2.44. The highest BCUT2D eigenvalue weighted by Gasteiger charge is 2.24. The molecule has 0 saturated carbocycles. The predicted molar refractivity (Wildman–Crippen MR) is 87.8 cm³/mol. The fraction of sp³-hybridized carbons (Fsp3) is 0.529. The fourth-order valence-electron chi connectivity index (χ4n) is 2.54. The second-order valence-electron chi connectivity index (χ2n) is 6.76. The monoisotopic (exact) mass is 320 g/mol. The van der Waals surface area contributed by atoms with E-state index in [2.05, 4.69) is 10.6 Å². The normalized spacial score (nSPS) is 15.1. The first-order valence-electron chi connectivity index (χ1n) is 7.82. The maximum atomic E-state index is 11.8. The van der Waals surface area contributed by atoms with Gasteiger partial charge in [-0.2, -0.15) is 0 Å². The maximum Gasteiger partial charge on any atom is 0.408 e. The van der Waals surface area contributed by atoms with Crippen molar-refractivity contribution in [1.29, 1.82) is 0 Å². The molecule has 1 amide bonds. The zero-order valence-corrected chi connectivity index (χ0v) is 13.8. The number of carbonyl (C=O) groups is 2. The van der Waals surface area contributed by atoms with Gasteiger partial charge in [0, 0.05) is 18.7 Å². The molecule has 2 rings (SSSR count). The summed E-state index contributed by atoms with van der Waals surface area (Å²) < 4.78 is 5.12. The molecule has 0 aromatic heterocycles. The minimum Gasteiger partial charge on any atom is -0.480 e. The summed E-state index contributed by atoms with van der Waals surface area (Å²) in [5, 5.41) is 15.1. The molecule has 0 bridgehead atoms. The molecule has 6 nitrogen and oxygen atoms in total. The molecule has 1 unspecified atom stereocenters. The van der Waals surface area contributed by atoms with Crippen molar-refractivity contribution in [1.82, 2.24) is 5.32 Å². The van der Waals surface area contributed by atoms with Crippen LogP contribution >= 0.6 is 0 Å². The number of benzene rings is 1. The van der Waals surface area contributed by atoms with E-state index in [1.807, 2.05) is 18.2 Å². The SMILES string of the molecule is CC(C)(C)OC(=O)NC(Cc1ccc2c(c1)CCCN2)C(=O)O. The van der Waals surface area contributed by atoms with Gasteiger partial charge >= 0.3 is 12.1 Å². The zero-order valence-electron chi connectivity index (χ0n) is 13.8. The van der Waals surface area contributed by atoms with Crippen molar-refractivity contribution in [2.45, 2.75) is 51.7 Å². The highest BCUT2D eigenvalue weighted by atomic mass is 16.6. The molecule has 1 aromatic rings. The van der Waals surface area contributed by atoms with E-state index in [1.165, 1.54) is 5.56 Å². The number of amides is 1. The number of carboxylic acids is 1. The van der Waals surface area contributed by atoms with Crippen molar-refractivity contribution in [3.63, 3.8) is 0 Å². The van der Waals surface area contributed by atoms with Crippen LogP contribution in [0.2, 0.25) is 0 Å². The summed E-state index contributed by atoms with van der Waals surface area (Å²) >= 11 is 0. The van der Waals surface area contributed by atoms with Gasteiger partial charge in [-0.3, -0.25) is 0 Å². The first-order valence-corrected chi connectivity index (χ1v) is 7.82. The van der Waals surface area contributed by atoms with Crippen LogP contribution in [0.3, 0.4) is 0 Å². The van der Waals surface area contributed by atoms with Gasteiger partial charge in [0.05, 0.1) is 0 Å². The Kier molecular flexibility index (Phi) is 5.13. The number of aliphatic carboxylic acids is 1. The minimum atomic E-state index is -1.08. The Hall–Kier alpha value is -2.24. The summed E-state index contributed by atoms with van der Waals surface area (Å²) in [7, 11) is 0. The van der Waals surface area contributed by atoms with E-state index < -0.39 is 23.7 Å². The molecule has 0 fully saturated rings. The van der Waals surface area contributed by atoms with Crippen LogP contribution in [0.1, 0.15) is 38.3 Å². The van der Waals surface area contributed by atoms with Crippen LogP contribution in [-0.2, 0) is 22.4 Å². The quantitative estimate of drug-likeness (QED) is 0.793. The topological polar surface area (TPSA) is 87.7 Å². The molecule has 1 aliphatic rings. The van der Waals surface area contributed by atoms with Crippen LogP contribution in [0.25, 0.3) is 0 Å². The van der Waals surface area contributed by atoms with Gasteiger partial charge in [0.1, 0.15) is 11.6 Å². The molecule has 1 atom stereocenters. The molecule has 0 saturated heterocycles. The molecule has 0 spiro atoms. The molecular formula is C17H24N2O4. The lowest BCUT2D eigenvalue weighted by Gasteiger charge is -2.23. The van der Waals surface area contributed by atoms with Crippen molar-refractivity contribution in [3.8, 4) is 0 Å². The third-order valence-corrected chi connectivity index (χ3v) is 3.54. The highest BCUT2D eigenvalue weighted by Crippen LogP contribution is 2.23. The summed E-state index contributed by atoms with van der Waals surface area (Å²) in [5.41, 5.74) is 2.52. The van der Waals surface area contributed by atoms with Crippen LogP contribution in [0.4, 0.5) is 10.5 Å². The molecule has 1 heterocycles. The van der Waals surface area contributed by atoms with Crippen LogP contribution in [0, 0.1) is 0 Å². The Morgan fingerprint density at radius 3 is 2.78 bits per heavy atom. The third kappa shape index (κ3) is 5.16. The van der Waals surface area contributed by atoms with Gasteiger partial charge in [-0.15, -0.1) is 0 Å². The second-order valence-corrected chi connectivity index (χ2v) is 6.76. The molecule has 0 radical (unpaired) electrons.